The zero-order valence-corrected chi connectivity index (χ0v) is 15.1. The predicted octanol–water partition coefficient (Wildman–Crippen LogP) is 2.26. The monoisotopic (exact) mass is 377 g/mol. The number of primary amides is 1. The number of amides is 3. The van der Waals surface area contributed by atoms with Crippen molar-refractivity contribution < 1.29 is 14.3 Å². The van der Waals surface area contributed by atoms with Gasteiger partial charge >= 0.3 is 6.03 Å². The van der Waals surface area contributed by atoms with E-state index < -0.39 is 6.03 Å². The molecule has 0 saturated carbocycles. The number of aromatic nitrogens is 2. The molecule has 2 aromatic carbocycles. The molecular weight excluding hydrogens is 358 g/mol. The fraction of sp³-hybridized carbons (Fsp3) is 0.200. The Hall–Kier alpha value is -3.52. The number of carbonyl (C=O) groups excluding carboxylic acids is 2. The zero-order chi connectivity index (χ0) is 19.5. The third-order valence-corrected chi connectivity index (χ3v) is 4.63. The largest absolute Gasteiger partial charge is 0.378 e. The lowest BCUT2D eigenvalue weighted by Gasteiger charge is -2.26. The number of morpholine rings is 1. The van der Waals surface area contributed by atoms with Crippen LogP contribution in [0.5, 0.6) is 0 Å². The molecule has 8 nitrogen and oxygen atoms in total. The quantitative estimate of drug-likeness (QED) is 0.727. The van der Waals surface area contributed by atoms with Gasteiger partial charge in [0.25, 0.3) is 5.91 Å². The molecular formula is C20H19N5O3. The van der Waals surface area contributed by atoms with Crippen LogP contribution in [0.1, 0.15) is 10.5 Å². The molecule has 8 heteroatoms. The highest BCUT2D eigenvalue weighted by atomic mass is 16.5. The minimum atomic E-state index is -0.622. The Labute approximate surface area is 161 Å². The van der Waals surface area contributed by atoms with Crippen LogP contribution in [0.25, 0.3) is 22.0 Å². The second-order valence-electron chi connectivity index (χ2n) is 6.39. The summed E-state index contributed by atoms with van der Waals surface area (Å²) >= 11 is 0. The number of anilines is 1. The number of urea groups is 1. The van der Waals surface area contributed by atoms with Gasteiger partial charge in [-0.2, -0.15) is 0 Å². The number of nitrogens with zero attached hydrogens (tertiary/aromatic N) is 3. The van der Waals surface area contributed by atoms with Crippen LogP contribution in [0.15, 0.2) is 48.8 Å². The van der Waals surface area contributed by atoms with E-state index in [1.807, 2.05) is 30.3 Å². The summed E-state index contributed by atoms with van der Waals surface area (Å²) in [6, 6.07) is 10.6. The predicted molar refractivity (Wildman–Crippen MR) is 105 cm³/mol. The Bertz CT molecular complexity index is 1030. The van der Waals surface area contributed by atoms with Crippen LogP contribution in [0.4, 0.5) is 10.5 Å². The first-order chi connectivity index (χ1) is 13.6. The average molecular weight is 377 g/mol. The SMILES string of the molecule is NC(=O)Nc1ccc(-c2cnc(C(=O)N3CCOCC3)cn2)c2ccccc12. The summed E-state index contributed by atoms with van der Waals surface area (Å²) in [6.45, 7) is 2.19. The van der Waals surface area contributed by atoms with E-state index in [1.54, 1.807) is 17.2 Å². The topological polar surface area (TPSA) is 110 Å². The molecule has 0 aliphatic carbocycles. The molecule has 1 saturated heterocycles. The fourth-order valence-electron chi connectivity index (χ4n) is 3.27. The first-order valence-electron chi connectivity index (χ1n) is 8.91. The van der Waals surface area contributed by atoms with Crippen LogP contribution >= 0.6 is 0 Å². The van der Waals surface area contributed by atoms with Crippen molar-refractivity contribution in [1.82, 2.24) is 14.9 Å². The summed E-state index contributed by atoms with van der Waals surface area (Å²) in [5.41, 5.74) is 7.68. The van der Waals surface area contributed by atoms with Gasteiger partial charge in [0.1, 0.15) is 5.69 Å². The van der Waals surface area contributed by atoms with Gasteiger partial charge in [0.05, 0.1) is 37.0 Å². The summed E-state index contributed by atoms with van der Waals surface area (Å²) in [6.07, 6.45) is 3.09. The van der Waals surface area contributed by atoms with Gasteiger partial charge in [-0.3, -0.25) is 9.78 Å². The molecule has 1 aliphatic rings. The molecule has 28 heavy (non-hydrogen) atoms. The van der Waals surface area contributed by atoms with Crippen molar-refractivity contribution >= 4 is 28.4 Å². The Morgan fingerprint density at radius 2 is 1.75 bits per heavy atom. The smallest absolute Gasteiger partial charge is 0.316 e. The van der Waals surface area contributed by atoms with Crippen molar-refractivity contribution in [2.24, 2.45) is 5.73 Å². The second kappa shape index (κ2) is 7.61. The molecule has 0 spiro atoms. The van der Waals surface area contributed by atoms with Gasteiger partial charge in [0.2, 0.25) is 0 Å². The lowest BCUT2D eigenvalue weighted by molar-refractivity contribution is 0.0298. The second-order valence-corrected chi connectivity index (χ2v) is 6.39. The van der Waals surface area contributed by atoms with E-state index in [2.05, 4.69) is 15.3 Å². The number of hydrogen-bond acceptors (Lipinski definition) is 5. The van der Waals surface area contributed by atoms with Crippen molar-refractivity contribution in [1.29, 1.82) is 0 Å². The van der Waals surface area contributed by atoms with Crippen LogP contribution in [-0.2, 0) is 4.74 Å². The van der Waals surface area contributed by atoms with Gasteiger partial charge in [-0.1, -0.05) is 30.3 Å². The summed E-state index contributed by atoms with van der Waals surface area (Å²) in [4.78, 5) is 34.3. The number of rotatable bonds is 3. The van der Waals surface area contributed by atoms with Crippen LogP contribution in [0.2, 0.25) is 0 Å². The minimum Gasteiger partial charge on any atom is -0.378 e. The summed E-state index contributed by atoms with van der Waals surface area (Å²) in [7, 11) is 0. The van der Waals surface area contributed by atoms with Crippen molar-refractivity contribution in [3.8, 4) is 11.3 Å². The van der Waals surface area contributed by atoms with Crippen LogP contribution in [0.3, 0.4) is 0 Å². The molecule has 0 atom stereocenters. The molecule has 142 valence electrons. The van der Waals surface area contributed by atoms with Crippen molar-refractivity contribution in [3.05, 3.63) is 54.5 Å². The Kier molecular flexibility index (Phi) is 4.86. The molecule has 3 N–H and O–H groups in total. The lowest BCUT2D eigenvalue weighted by atomic mass is 10.0. The maximum atomic E-state index is 12.5. The van der Waals surface area contributed by atoms with E-state index in [9.17, 15) is 9.59 Å². The van der Waals surface area contributed by atoms with Crippen LogP contribution < -0.4 is 11.1 Å². The Morgan fingerprint density at radius 1 is 1.00 bits per heavy atom. The van der Waals surface area contributed by atoms with Gasteiger partial charge in [0, 0.05) is 24.0 Å². The molecule has 0 bridgehead atoms. The number of benzene rings is 2. The van der Waals surface area contributed by atoms with Gasteiger partial charge in [-0.05, 0) is 11.5 Å². The van der Waals surface area contributed by atoms with E-state index >= 15 is 0 Å². The van der Waals surface area contributed by atoms with Crippen molar-refractivity contribution in [3.63, 3.8) is 0 Å². The minimum absolute atomic E-state index is 0.145. The molecule has 2 heterocycles. The Balaban J connectivity index is 1.67. The van der Waals surface area contributed by atoms with Crippen LogP contribution in [0, 0.1) is 0 Å². The molecule has 4 rings (SSSR count). The number of hydrogen-bond donors (Lipinski definition) is 2. The zero-order valence-electron chi connectivity index (χ0n) is 15.1. The van der Waals surface area contributed by atoms with E-state index in [0.717, 1.165) is 16.3 Å². The Morgan fingerprint density at radius 3 is 2.43 bits per heavy atom. The molecule has 1 aromatic heterocycles. The van der Waals surface area contributed by atoms with Crippen molar-refractivity contribution in [2.45, 2.75) is 0 Å². The lowest BCUT2D eigenvalue weighted by Crippen LogP contribution is -2.41. The van der Waals surface area contributed by atoms with Crippen LogP contribution in [-0.4, -0.2) is 53.1 Å². The molecule has 3 aromatic rings. The maximum absolute atomic E-state index is 12.5. The number of fused-ring (bicyclic) bond motifs is 1. The van der Waals surface area contributed by atoms with Crippen molar-refractivity contribution in [2.75, 3.05) is 31.6 Å². The number of nitrogens with two attached hydrogens (primary N) is 1. The van der Waals surface area contributed by atoms with E-state index in [4.69, 9.17) is 10.5 Å². The molecule has 3 amide bonds. The molecule has 0 unspecified atom stereocenters. The summed E-state index contributed by atoms with van der Waals surface area (Å²) in [5, 5.41) is 4.37. The van der Waals surface area contributed by atoms with E-state index in [0.29, 0.717) is 43.4 Å². The normalized spacial score (nSPS) is 14.1. The standard InChI is InChI=1S/C20H19N5O3/c21-20(27)24-16-6-5-15(13-3-1-2-4-14(13)16)17-11-23-18(12-22-17)19(26)25-7-9-28-10-8-25/h1-6,11-12H,7-10H2,(H3,21,24,27). The number of ether oxygens (including phenoxy) is 1. The highest BCUT2D eigenvalue weighted by Crippen LogP contribution is 2.32. The van der Waals surface area contributed by atoms with Gasteiger partial charge < -0.3 is 20.7 Å². The maximum Gasteiger partial charge on any atom is 0.316 e. The fourth-order valence-corrected chi connectivity index (χ4v) is 3.27. The van der Waals surface area contributed by atoms with Gasteiger partial charge in [0.15, 0.2) is 0 Å². The number of nitrogens with one attached hydrogen (secondary N) is 1. The average Bonchev–Trinajstić information content (AvgIpc) is 2.74. The van der Waals surface area contributed by atoms with E-state index in [1.165, 1.54) is 6.20 Å². The highest BCUT2D eigenvalue weighted by Gasteiger charge is 2.20. The summed E-state index contributed by atoms with van der Waals surface area (Å²) in [5.74, 6) is -0.145. The number of carbonyl (C=O) groups is 2. The highest BCUT2D eigenvalue weighted by molar-refractivity contribution is 6.06. The molecule has 1 aliphatic heterocycles. The summed E-state index contributed by atoms with van der Waals surface area (Å²) < 4.78 is 5.27. The molecule has 0 radical (unpaired) electrons. The first-order valence-corrected chi connectivity index (χ1v) is 8.91. The third-order valence-electron chi connectivity index (χ3n) is 4.63. The molecule has 1 fully saturated rings. The van der Waals surface area contributed by atoms with E-state index in [-0.39, 0.29) is 5.91 Å². The first kappa shape index (κ1) is 17.9. The third kappa shape index (κ3) is 3.49. The van der Waals surface area contributed by atoms with Gasteiger partial charge in [-0.25, -0.2) is 9.78 Å². The van der Waals surface area contributed by atoms with Gasteiger partial charge in [-0.15, -0.1) is 0 Å².